The SMILES string of the molecule is CO[C@H](C)C(=O)N1CCN(S(=O)(=O)c2cc(C(=O)N[C@H](C)c3ccccc3)ccc2Cl)CC1. The highest BCUT2D eigenvalue weighted by atomic mass is 35.5. The topological polar surface area (TPSA) is 96.0 Å². The van der Waals surface area contributed by atoms with Gasteiger partial charge in [0.1, 0.15) is 11.0 Å². The number of nitrogens with one attached hydrogen (secondary N) is 1. The van der Waals surface area contributed by atoms with Crippen molar-refractivity contribution in [1.29, 1.82) is 0 Å². The number of halogens is 1. The van der Waals surface area contributed by atoms with E-state index >= 15 is 0 Å². The monoisotopic (exact) mass is 493 g/mol. The van der Waals surface area contributed by atoms with Crippen LogP contribution in [-0.4, -0.2) is 68.8 Å². The second-order valence-electron chi connectivity index (χ2n) is 7.86. The van der Waals surface area contributed by atoms with Crippen molar-refractivity contribution < 1.29 is 22.7 Å². The van der Waals surface area contributed by atoms with Gasteiger partial charge in [0.25, 0.3) is 11.8 Å². The molecule has 178 valence electrons. The van der Waals surface area contributed by atoms with Gasteiger partial charge in [-0.2, -0.15) is 4.31 Å². The van der Waals surface area contributed by atoms with Crippen LogP contribution in [0.1, 0.15) is 35.8 Å². The van der Waals surface area contributed by atoms with Gasteiger partial charge in [-0.15, -0.1) is 0 Å². The third kappa shape index (κ3) is 5.73. The summed E-state index contributed by atoms with van der Waals surface area (Å²) in [6, 6.07) is 13.4. The zero-order valence-electron chi connectivity index (χ0n) is 18.8. The summed E-state index contributed by atoms with van der Waals surface area (Å²) in [4.78, 5) is 26.5. The van der Waals surface area contributed by atoms with Crippen molar-refractivity contribution in [2.75, 3.05) is 33.3 Å². The first-order valence-corrected chi connectivity index (χ1v) is 12.4. The number of ether oxygens (including phenoxy) is 1. The molecule has 0 aromatic heterocycles. The lowest BCUT2D eigenvalue weighted by Gasteiger charge is -2.35. The molecule has 0 bridgehead atoms. The number of rotatable bonds is 7. The number of carbonyl (C=O) groups excluding carboxylic acids is 2. The maximum atomic E-state index is 13.3. The summed E-state index contributed by atoms with van der Waals surface area (Å²) in [7, 11) is -2.50. The van der Waals surface area contributed by atoms with Crippen LogP contribution in [0.25, 0.3) is 0 Å². The predicted molar refractivity (Wildman–Crippen MR) is 126 cm³/mol. The van der Waals surface area contributed by atoms with E-state index in [9.17, 15) is 18.0 Å². The maximum absolute atomic E-state index is 13.3. The van der Waals surface area contributed by atoms with Crippen molar-refractivity contribution in [3.05, 3.63) is 64.7 Å². The molecule has 0 spiro atoms. The Bertz CT molecular complexity index is 1100. The number of carbonyl (C=O) groups is 2. The molecule has 2 atom stereocenters. The van der Waals surface area contributed by atoms with Crippen LogP contribution in [-0.2, 0) is 19.6 Å². The van der Waals surface area contributed by atoms with E-state index in [0.29, 0.717) is 0 Å². The van der Waals surface area contributed by atoms with Gasteiger partial charge in [0, 0.05) is 38.9 Å². The fraction of sp³-hybridized carbons (Fsp3) is 0.391. The van der Waals surface area contributed by atoms with Gasteiger partial charge in [-0.1, -0.05) is 41.9 Å². The van der Waals surface area contributed by atoms with Crippen LogP contribution in [0.2, 0.25) is 5.02 Å². The Labute approximate surface area is 199 Å². The first kappa shape index (κ1) is 25.2. The second kappa shape index (κ2) is 10.6. The molecule has 2 amide bonds. The maximum Gasteiger partial charge on any atom is 0.251 e. The molecule has 3 rings (SSSR count). The summed E-state index contributed by atoms with van der Waals surface area (Å²) in [5.74, 6) is -0.581. The molecule has 1 fully saturated rings. The minimum Gasteiger partial charge on any atom is -0.372 e. The number of amides is 2. The van der Waals surface area contributed by atoms with E-state index in [0.717, 1.165) is 5.56 Å². The van der Waals surface area contributed by atoms with Gasteiger partial charge in [0.15, 0.2) is 0 Å². The summed E-state index contributed by atoms with van der Waals surface area (Å²) in [5, 5.41) is 2.91. The highest BCUT2D eigenvalue weighted by Crippen LogP contribution is 2.27. The van der Waals surface area contributed by atoms with Crippen LogP contribution in [0.5, 0.6) is 0 Å². The number of nitrogens with zero attached hydrogens (tertiary/aromatic N) is 2. The number of hydrogen-bond donors (Lipinski definition) is 1. The van der Waals surface area contributed by atoms with E-state index < -0.39 is 22.0 Å². The van der Waals surface area contributed by atoms with Crippen LogP contribution < -0.4 is 5.32 Å². The third-order valence-electron chi connectivity index (χ3n) is 5.71. The molecule has 1 aliphatic heterocycles. The highest BCUT2D eigenvalue weighted by Gasteiger charge is 2.33. The largest absolute Gasteiger partial charge is 0.372 e. The van der Waals surface area contributed by atoms with Crippen molar-refractivity contribution >= 4 is 33.4 Å². The van der Waals surface area contributed by atoms with Gasteiger partial charge in [-0.05, 0) is 37.6 Å². The predicted octanol–water partition coefficient (Wildman–Crippen LogP) is 2.70. The number of piperazine rings is 1. The summed E-state index contributed by atoms with van der Waals surface area (Å²) < 4.78 is 32.9. The molecule has 1 N–H and O–H groups in total. The lowest BCUT2D eigenvalue weighted by Crippen LogP contribution is -2.52. The van der Waals surface area contributed by atoms with Gasteiger partial charge >= 0.3 is 0 Å². The smallest absolute Gasteiger partial charge is 0.251 e. The molecule has 0 saturated carbocycles. The zero-order valence-corrected chi connectivity index (χ0v) is 20.4. The van der Waals surface area contributed by atoms with Crippen molar-refractivity contribution in [3.63, 3.8) is 0 Å². The fourth-order valence-electron chi connectivity index (χ4n) is 3.59. The summed E-state index contributed by atoms with van der Waals surface area (Å²) in [6.07, 6.45) is -0.587. The Morgan fingerprint density at radius 2 is 1.67 bits per heavy atom. The van der Waals surface area contributed by atoms with E-state index in [1.165, 1.54) is 29.6 Å². The minimum atomic E-state index is -3.95. The van der Waals surface area contributed by atoms with E-state index in [1.807, 2.05) is 37.3 Å². The van der Waals surface area contributed by atoms with Gasteiger partial charge < -0.3 is 15.0 Å². The van der Waals surface area contributed by atoms with Crippen LogP contribution in [0, 0.1) is 0 Å². The normalized spacial score (nSPS) is 16.8. The Kier molecular flexibility index (Phi) is 8.12. The molecular formula is C23H28ClN3O5S. The highest BCUT2D eigenvalue weighted by molar-refractivity contribution is 7.89. The number of sulfonamides is 1. The molecule has 0 unspecified atom stereocenters. The standard InChI is InChI=1S/C23H28ClN3O5S/c1-16(18-7-5-4-6-8-18)25-22(28)19-9-10-20(24)21(15-19)33(30,31)27-13-11-26(12-14-27)23(29)17(2)32-3/h4-10,15-17H,11-14H2,1-3H3,(H,25,28)/t16-,17-/m1/s1. The Morgan fingerprint density at radius 3 is 2.27 bits per heavy atom. The zero-order chi connectivity index (χ0) is 24.2. The lowest BCUT2D eigenvalue weighted by atomic mass is 10.1. The molecular weight excluding hydrogens is 466 g/mol. The van der Waals surface area contributed by atoms with E-state index in [4.69, 9.17) is 16.3 Å². The molecule has 1 heterocycles. The van der Waals surface area contributed by atoms with E-state index in [-0.39, 0.29) is 53.6 Å². The van der Waals surface area contributed by atoms with E-state index in [2.05, 4.69) is 5.32 Å². The molecule has 0 aliphatic carbocycles. The summed E-state index contributed by atoms with van der Waals surface area (Å²) in [6.45, 7) is 4.26. The first-order valence-electron chi connectivity index (χ1n) is 10.6. The van der Waals surface area contributed by atoms with Crippen molar-refractivity contribution in [2.45, 2.75) is 30.9 Å². The van der Waals surface area contributed by atoms with Gasteiger partial charge in [-0.25, -0.2) is 8.42 Å². The average Bonchev–Trinajstić information content (AvgIpc) is 2.83. The number of methoxy groups -OCH3 is 1. The van der Waals surface area contributed by atoms with Crippen molar-refractivity contribution in [2.24, 2.45) is 0 Å². The van der Waals surface area contributed by atoms with Crippen molar-refractivity contribution in [1.82, 2.24) is 14.5 Å². The number of hydrogen-bond acceptors (Lipinski definition) is 5. The van der Waals surface area contributed by atoms with Crippen LogP contribution >= 0.6 is 11.6 Å². The third-order valence-corrected chi connectivity index (χ3v) is 8.09. The van der Waals surface area contributed by atoms with Gasteiger partial charge in [0.05, 0.1) is 11.1 Å². The Balaban J connectivity index is 1.74. The Morgan fingerprint density at radius 1 is 1.03 bits per heavy atom. The Hall–Kier alpha value is -2.46. The quantitative estimate of drug-likeness (QED) is 0.639. The second-order valence-corrected chi connectivity index (χ2v) is 10.2. The van der Waals surface area contributed by atoms with Gasteiger partial charge in [-0.3, -0.25) is 9.59 Å². The first-order chi connectivity index (χ1) is 15.6. The summed E-state index contributed by atoms with van der Waals surface area (Å²) in [5.41, 5.74) is 1.13. The molecule has 33 heavy (non-hydrogen) atoms. The summed E-state index contributed by atoms with van der Waals surface area (Å²) >= 11 is 6.23. The van der Waals surface area contributed by atoms with E-state index in [1.54, 1.807) is 11.8 Å². The molecule has 10 heteroatoms. The fourth-order valence-corrected chi connectivity index (χ4v) is 5.52. The average molecular weight is 494 g/mol. The molecule has 2 aromatic rings. The molecule has 0 radical (unpaired) electrons. The lowest BCUT2D eigenvalue weighted by molar-refractivity contribution is -0.142. The molecule has 2 aromatic carbocycles. The van der Waals surface area contributed by atoms with Gasteiger partial charge in [0.2, 0.25) is 10.0 Å². The van der Waals surface area contributed by atoms with Crippen LogP contribution in [0.3, 0.4) is 0 Å². The van der Waals surface area contributed by atoms with Crippen LogP contribution in [0.4, 0.5) is 0 Å². The van der Waals surface area contributed by atoms with Crippen molar-refractivity contribution in [3.8, 4) is 0 Å². The molecule has 1 saturated heterocycles. The number of benzene rings is 2. The molecule has 1 aliphatic rings. The van der Waals surface area contributed by atoms with Crippen LogP contribution in [0.15, 0.2) is 53.4 Å². The minimum absolute atomic E-state index is 0.0363. The molecule has 8 nitrogen and oxygen atoms in total.